The molecule has 0 saturated heterocycles. The largest absolute Gasteiger partial charge is 1.00 e. The number of halogens is 2. The fraction of sp³-hybridized carbons (Fsp3) is 0.421. The summed E-state index contributed by atoms with van der Waals surface area (Å²) in [5, 5.41) is 0. The van der Waals surface area contributed by atoms with E-state index in [9.17, 15) is 4.79 Å². The second kappa shape index (κ2) is 10.1. The van der Waals surface area contributed by atoms with Gasteiger partial charge in [-0.15, -0.1) is 0 Å². The summed E-state index contributed by atoms with van der Waals surface area (Å²) in [6, 6.07) is 7.90. The Morgan fingerprint density at radius 2 is 1.60 bits per heavy atom. The first kappa shape index (κ1) is 24.7. The second-order valence-electron chi connectivity index (χ2n) is 6.91. The Hall–Kier alpha value is -0.319. The zero-order valence-corrected chi connectivity index (χ0v) is 20.4. The smallest absolute Gasteiger partial charge is 1.00 e. The van der Waals surface area contributed by atoms with E-state index in [2.05, 4.69) is 44.6 Å². The minimum Gasteiger partial charge on any atom is -1.00 e. The molecule has 1 amide bonds. The van der Waals surface area contributed by atoms with Gasteiger partial charge in [-0.25, -0.2) is 0 Å². The van der Waals surface area contributed by atoms with Crippen LogP contribution < -0.4 is 28.6 Å². The summed E-state index contributed by atoms with van der Waals surface area (Å²) < 4.78 is 5.12. The van der Waals surface area contributed by atoms with E-state index in [0.29, 0.717) is 5.92 Å². The van der Waals surface area contributed by atoms with Crippen molar-refractivity contribution in [1.82, 2.24) is 3.80 Å². The monoisotopic (exact) mass is 432 g/mol. The maximum atomic E-state index is 12.8. The van der Waals surface area contributed by atoms with Crippen molar-refractivity contribution >= 4 is 12.6 Å². The van der Waals surface area contributed by atoms with Gasteiger partial charge in [-0.2, -0.15) is 0 Å². The van der Waals surface area contributed by atoms with Crippen LogP contribution in [0.5, 0.6) is 0 Å². The molecule has 0 radical (unpaired) electrons. The number of allylic oxidation sites excluding steroid dienone is 4. The third kappa shape index (κ3) is 5.11. The molecule has 1 atom stereocenters. The summed E-state index contributed by atoms with van der Waals surface area (Å²) >= 11 is -1.75. The van der Waals surface area contributed by atoms with Crippen molar-refractivity contribution in [1.29, 1.82) is 0 Å². The Kier molecular flexibility index (Phi) is 10.00. The van der Waals surface area contributed by atoms with E-state index in [-0.39, 0.29) is 30.7 Å². The van der Waals surface area contributed by atoms with Crippen molar-refractivity contribution in [2.45, 2.75) is 47.7 Å². The van der Waals surface area contributed by atoms with Gasteiger partial charge in [0.2, 0.25) is 0 Å². The Morgan fingerprint density at radius 1 is 1.04 bits per heavy atom. The van der Waals surface area contributed by atoms with Crippen molar-refractivity contribution in [2.24, 2.45) is 5.92 Å². The Labute approximate surface area is 172 Å². The summed E-state index contributed by atoms with van der Waals surface area (Å²) in [4.78, 5) is 12.8. The number of hydrogen-bond donors (Lipinski definition) is 1. The predicted octanol–water partition coefficient (Wildman–Crippen LogP) is -1.49. The molecule has 6 heteroatoms. The van der Waals surface area contributed by atoms with Crippen molar-refractivity contribution < 1.29 is 47.0 Å². The van der Waals surface area contributed by atoms with Crippen molar-refractivity contribution in [2.75, 3.05) is 0 Å². The molecule has 2 nitrogen and oxygen atoms in total. The van der Waals surface area contributed by atoms with Crippen LogP contribution in [-0.4, -0.2) is 12.6 Å². The van der Waals surface area contributed by atoms with E-state index in [4.69, 9.17) is 0 Å². The normalized spacial score (nSPS) is 16.6. The van der Waals surface area contributed by atoms with Gasteiger partial charge in [-0.1, -0.05) is 0 Å². The van der Waals surface area contributed by atoms with Gasteiger partial charge in [0.1, 0.15) is 0 Å². The van der Waals surface area contributed by atoms with E-state index in [1.807, 2.05) is 31.2 Å². The quantitative estimate of drug-likeness (QED) is 0.577. The van der Waals surface area contributed by atoms with Crippen LogP contribution >= 0.6 is 0 Å². The molecule has 0 aromatic heterocycles. The molecule has 1 unspecified atom stereocenters. The van der Waals surface area contributed by atoms with Crippen LogP contribution in [0.25, 0.3) is 0 Å². The molecule has 0 spiro atoms. The number of carbonyl (C=O) groups excluding carboxylic acids is 1. The van der Waals surface area contributed by atoms with Gasteiger partial charge in [-0.3, -0.25) is 0 Å². The molecular weight excluding hydrogens is 405 g/mol. The molecule has 1 aromatic rings. The summed E-state index contributed by atoms with van der Waals surface area (Å²) in [6.07, 6.45) is 0. The molecular formula is C19H28Cl2NOSiTi. The molecule has 137 valence electrons. The van der Waals surface area contributed by atoms with Crippen LogP contribution in [0.2, 0.25) is 13.1 Å². The minimum atomic E-state index is -1.75. The molecule has 1 aliphatic carbocycles. The maximum Gasteiger partial charge on any atom is -1.00 e. The standard InChI is InChI=1S/C9H13.C8H9NO.C2H7Si.2ClH.Ti/c1-6-5-7(2)9(4)8(6)3;1-6-4-2-3-5-7(6)8(9)10;1-3-2;;;/h6H,1-4H3;2-5H,1H3,(H2,9,10);3H,1-2H3;2*1H;/q;;;;;+3/p-3. The molecule has 1 aliphatic rings. The Bertz CT molecular complexity index is 700. The molecule has 2 rings (SSSR count). The molecule has 0 aliphatic heterocycles. The number of nitrogens with one attached hydrogen (secondary N) is 1. The predicted molar refractivity (Wildman–Crippen MR) is 97.8 cm³/mol. The van der Waals surface area contributed by atoms with Gasteiger partial charge >= 0.3 is 148 Å². The van der Waals surface area contributed by atoms with Crippen LogP contribution in [0.4, 0.5) is 0 Å². The molecule has 0 saturated carbocycles. The minimum absolute atomic E-state index is 0. The number of hydrogen-bond acceptors (Lipinski definition) is 1. The van der Waals surface area contributed by atoms with Crippen LogP contribution in [0.1, 0.15) is 43.6 Å². The van der Waals surface area contributed by atoms with E-state index in [0.717, 1.165) is 11.1 Å². The third-order valence-corrected chi connectivity index (χ3v) is 16.5. The number of rotatable bonds is 4. The zero-order chi connectivity index (χ0) is 17.3. The number of amides is 1. The molecule has 1 N–H and O–H groups in total. The van der Waals surface area contributed by atoms with E-state index in [1.165, 1.54) is 16.7 Å². The first-order valence-corrected chi connectivity index (χ1v) is 15.5. The molecule has 25 heavy (non-hydrogen) atoms. The second-order valence-corrected chi connectivity index (χ2v) is 19.5. The van der Waals surface area contributed by atoms with E-state index >= 15 is 0 Å². The number of benzene rings is 1. The van der Waals surface area contributed by atoms with Crippen LogP contribution in [0, 0.1) is 12.8 Å². The molecule has 0 heterocycles. The van der Waals surface area contributed by atoms with Crippen molar-refractivity contribution in [3.8, 4) is 0 Å². The molecule has 1 aromatic carbocycles. The first-order valence-electron chi connectivity index (χ1n) is 8.38. The average molecular weight is 433 g/mol. The number of carbonyl (C=O) groups is 1. The molecule has 0 bridgehead atoms. The summed E-state index contributed by atoms with van der Waals surface area (Å²) in [5.74, 6) is 0.645. The van der Waals surface area contributed by atoms with Crippen molar-refractivity contribution in [3.05, 3.63) is 56.0 Å². The van der Waals surface area contributed by atoms with Gasteiger partial charge in [0.25, 0.3) is 0 Å². The summed E-state index contributed by atoms with van der Waals surface area (Å²) in [5.41, 5.74) is 6.27. The summed E-state index contributed by atoms with van der Waals surface area (Å²) in [7, 11) is 0. The molecule has 0 fully saturated rings. The van der Waals surface area contributed by atoms with Crippen LogP contribution in [-0.2, 0) is 17.4 Å². The van der Waals surface area contributed by atoms with Gasteiger partial charge in [0, 0.05) is 0 Å². The SMILES string of the molecule is CC1=C(C)C(C)[C]([Ti+2]([NH]C(=O)c2ccccc2C)[SiH](C)C)=C1C.[Cl-].[Cl-]. The zero-order valence-electron chi connectivity index (χ0n) is 16.1. The number of aryl methyl sites for hydroxylation is 1. The van der Waals surface area contributed by atoms with Gasteiger partial charge in [0.15, 0.2) is 0 Å². The topological polar surface area (TPSA) is 29.1 Å². The van der Waals surface area contributed by atoms with Gasteiger partial charge < -0.3 is 24.8 Å². The van der Waals surface area contributed by atoms with Crippen LogP contribution in [0.15, 0.2) is 44.9 Å². The fourth-order valence-corrected chi connectivity index (χ4v) is 13.8. The van der Waals surface area contributed by atoms with E-state index in [1.54, 1.807) is 3.88 Å². The third-order valence-electron chi connectivity index (χ3n) is 5.15. The van der Waals surface area contributed by atoms with Gasteiger partial charge in [-0.05, 0) is 0 Å². The Balaban J connectivity index is 0.00000288. The van der Waals surface area contributed by atoms with E-state index < -0.39 is 24.0 Å². The average Bonchev–Trinajstić information content (AvgIpc) is 2.69. The fourth-order valence-electron chi connectivity index (χ4n) is 3.34. The maximum absolute atomic E-state index is 12.8. The van der Waals surface area contributed by atoms with Crippen LogP contribution in [0.3, 0.4) is 0 Å². The summed E-state index contributed by atoms with van der Waals surface area (Å²) in [6.45, 7) is 14.9. The Morgan fingerprint density at radius 3 is 2.04 bits per heavy atom. The first-order chi connectivity index (χ1) is 10.8. The van der Waals surface area contributed by atoms with Gasteiger partial charge in [0.05, 0.1) is 0 Å². The van der Waals surface area contributed by atoms with Crippen molar-refractivity contribution in [3.63, 3.8) is 0 Å².